The lowest BCUT2D eigenvalue weighted by molar-refractivity contribution is 0.0935. The monoisotopic (exact) mass is 374 g/mol. The molecule has 1 aliphatic heterocycles. The normalized spacial score (nSPS) is 15.0. The SMILES string of the molecule is CCOc1ccc(C(C)NC(=O)c2nc(N3CCCC3)ncc2Cl)cc1. The van der Waals surface area contributed by atoms with Crippen molar-refractivity contribution >= 4 is 23.5 Å². The minimum Gasteiger partial charge on any atom is -0.494 e. The molecule has 138 valence electrons. The fourth-order valence-corrected chi connectivity index (χ4v) is 3.13. The van der Waals surface area contributed by atoms with Crippen LogP contribution in [0.4, 0.5) is 5.95 Å². The largest absolute Gasteiger partial charge is 0.494 e. The third kappa shape index (κ3) is 4.25. The molecule has 1 aromatic carbocycles. The van der Waals surface area contributed by atoms with Crippen molar-refractivity contribution in [1.82, 2.24) is 15.3 Å². The number of anilines is 1. The van der Waals surface area contributed by atoms with Gasteiger partial charge in [0.2, 0.25) is 5.95 Å². The van der Waals surface area contributed by atoms with E-state index in [0.717, 1.165) is 37.2 Å². The Morgan fingerprint density at radius 3 is 2.65 bits per heavy atom. The summed E-state index contributed by atoms with van der Waals surface area (Å²) in [4.78, 5) is 23.4. The lowest BCUT2D eigenvalue weighted by atomic mass is 10.1. The minimum absolute atomic E-state index is 0.181. The van der Waals surface area contributed by atoms with Gasteiger partial charge in [-0.25, -0.2) is 9.97 Å². The molecule has 1 aromatic heterocycles. The maximum Gasteiger partial charge on any atom is 0.272 e. The van der Waals surface area contributed by atoms with Crippen LogP contribution in [0.15, 0.2) is 30.5 Å². The Bertz CT molecular complexity index is 761. The van der Waals surface area contributed by atoms with Crippen molar-refractivity contribution in [2.45, 2.75) is 32.7 Å². The average molecular weight is 375 g/mol. The maximum absolute atomic E-state index is 12.7. The number of carbonyl (C=O) groups excluding carboxylic acids is 1. The van der Waals surface area contributed by atoms with E-state index in [-0.39, 0.29) is 22.7 Å². The lowest BCUT2D eigenvalue weighted by Gasteiger charge is -2.18. The zero-order valence-corrected chi connectivity index (χ0v) is 15.8. The number of hydrogen-bond acceptors (Lipinski definition) is 5. The van der Waals surface area contributed by atoms with Gasteiger partial charge in [-0.15, -0.1) is 0 Å². The molecule has 6 nitrogen and oxygen atoms in total. The van der Waals surface area contributed by atoms with Gasteiger partial charge < -0.3 is 15.0 Å². The van der Waals surface area contributed by atoms with Crippen LogP contribution in [0, 0.1) is 0 Å². The van der Waals surface area contributed by atoms with E-state index in [1.165, 1.54) is 6.20 Å². The van der Waals surface area contributed by atoms with Gasteiger partial charge in [0, 0.05) is 13.1 Å². The highest BCUT2D eigenvalue weighted by molar-refractivity contribution is 6.33. The van der Waals surface area contributed by atoms with Crippen molar-refractivity contribution in [3.8, 4) is 5.75 Å². The first-order valence-electron chi connectivity index (χ1n) is 8.89. The van der Waals surface area contributed by atoms with Crippen molar-refractivity contribution in [2.75, 3.05) is 24.6 Å². The molecule has 1 fully saturated rings. The quantitative estimate of drug-likeness (QED) is 0.836. The molecule has 2 aromatic rings. The molecular formula is C19H23ClN4O2. The number of ether oxygens (including phenoxy) is 1. The van der Waals surface area contributed by atoms with Crippen molar-refractivity contribution in [2.24, 2.45) is 0 Å². The third-order valence-corrected chi connectivity index (χ3v) is 4.65. The highest BCUT2D eigenvalue weighted by Crippen LogP contribution is 2.22. The predicted octanol–water partition coefficient (Wildman–Crippen LogP) is 3.62. The molecule has 2 heterocycles. The van der Waals surface area contributed by atoms with E-state index in [1.54, 1.807) is 0 Å². The molecule has 7 heteroatoms. The van der Waals surface area contributed by atoms with Crippen molar-refractivity contribution in [3.05, 3.63) is 46.7 Å². The van der Waals surface area contributed by atoms with E-state index in [1.807, 2.05) is 38.1 Å². The Morgan fingerprint density at radius 2 is 2.00 bits per heavy atom. The summed E-state index contributed by atoms with van der Waals surface area (Å²) in [5, 5.41) is 3.20. The highest BCUT2D eigenvalue weighted by Gasteiger charge is 2.21. The summed E-state index contributed by atoms with van der Waals surface area (Å²) in [7, 11) is 0. The van der Waals surface area contributed by atoms with Crippen LogP contribution < -0.4 is 15.0 Å². The molecule has 3 rings (SSSR count). The van der Waals surface area contributed by atoms with Crippen LogP contribution in [0.25, 0.3) is 0 Å². The number of nitrogens with zero attached hydrogens (tertiary/aromatic N) is 3. The molecule has 0 aliphatic carbocycles. The van der Waals surface area contributed by atoms with Gasteiger partial charge >= 0.3 is 0 Å². The van der Waals surface area contributed by atoms with Crippen molar-refractivity contribution in [3.63, 3.8) is 0 Å². The van der Waals surface area contributed by atoms with E-state index in [9.17, 15) is 4.79 Å². The second-order valence-electron chi connectivity index (χ2n) is 6.26. The van der Waals surface area contributed by atoms with Crippen LogP contribution in [0.2, 0.25) is 5.02 Å². The molecular weight excluding hydrogens is 352 g/mol. The molecule has 0 bridgehead atoms. The number of benzene rings is 1. The van der Waals surface area contributed by atoms with Crippen LogP contribution in [0.1, 0.15) is 48.8 Å². The standard InChI is InChI=1S/C19H23ClN4O2/c1-3-26-15-8-6-14(7-9-15)13(2)22-18(25)17-16(20)12-21-19(23-17)24-10-4-5-11-24/h6-9,12-13H,3-5,10-11H2,1-2H3,(H,22,25). The van der Waals surface area contributed by atoms with Gasteiger partial charge in [0.1, 0.15) is 5.75 Å². The number of halogens is 1. The van der Waals surface area contributed by atoms with Gasteiger partial charge in [-0.05, 0) is 44.4 Å². The fraction of sp³-hybridized carbons (Fsp3) is 0.421. The van der Waals surface area contributed by atoms with E-state index >= 15 is 0 Å². The van der Waals surface area contributed by atoms with Gasteiger partial charge in [0.05, 0.1) is 23.9 Å². The summed E-state index contributed by atoms with van der Waals surface area (Å²) in [5.74, 6) is 1.06. The Morgan fingerprint density at radius 1 is 1.31 bits per heavy atom. The van der Waals surface area contributed by atoms with E-state index in [4.69, 9.17) is 16.3 Å². The van der Waals surface area contributed by atoms with Gasteiger partial charge in [-0.2, -0.15) is 0 Å². The first-order valence-corrected chi connectivity index (χ1v) is 9.27. The van der Waals surface area contributed by atoms with Crippen LogP contribution in [0.5, 0.6) is 5.75 Å². The smallest absolute Gasteiger partial charge is 0.272 e. The summed E-state index contributed by atoms with van der Waals surface area (Å²) >= 11 is 6.16. The number of hydrogen-bond donors (Lipinski definition) is 1. The Balaban J connectivity index is 1.71. The second-order valence-corrected chi connectivity index (χ2v) is 6.67. The topological polar surface area (TPSA) is 67.3 Å². The van der Waals surface area contributed by atoms with Gasteiger partial charge in [-0.3, -0.25) is 4.79 Å². The lowest BCUT2D eigenvalue weighted by Crippen LogP contribution is -2.29. The van der Waals surface area contributed by atoms with Crippen molar-refractivity contribution in [1.29, 1.82) is 0 Å². The molecule has 1 aliphatic rings. The third-order valence-electron chi connectivity index (χ3n) is 4.37. The molecule has 1 N–H and O–H groups in total. The molecule has 0 radical (unpaired) electrons. The second kappa shape index (κ2) is 8.36. The average Bonchev–Trinajstić information content (AvgIpc) is 3.17. The predicted molar refractivity (Wildman–Crippen MR) is 102 cm³/mol. The molecule has 1 amide bonds. The van der Waals surface area contributed by atoms with E-state index in [0.29, 0.717) is 12.6 Å². The minimum atomic E-state index is -0.306. The summed E-state index contributed by atoms with van der Waals surface area (Å²) in [5.41, 5.74) is 1.19. The molecule has 0 spiro atoms. The summed E-state index contributed by atoms with van der Waals surface area (Å²) in [6.45, 7) is 6.30. The molecule has 1 unspecified atom stereocenters. The maximum atomic E-state index is 12.7. The van der Waals surface area contributed by atoms with E-state index in [2.05, 4.69) is 20.2 Å². The van der Waals surface area contributed by atoms with Crippen LogP contribution in [-0.4, -0.2) is 35.6 Å². The van der Waals surface area contributed by atoms with Gasteiger partial charge in [0.25, 0.3) is 5.91 Å². The van der Waals surface area contributed by atoms with Crippen LogP contribution in [-0.2, 0) is 0 Å². The number of amides is 1. The van der Waals surface area contributed by atoms with E-state index < -0.39 is 0 Å². The Kier molecular flexibility index (Phi) is 5.93. The Labute approximate surface area is 158 Å². The number of aromatic nitrogens is 2. The summed E-state index contributed by atoms with van der Waals surface area (Å²) in [6.07, 6.45) is 3.73. The zero-order valence-electron chi connectivity index (χ0n) is 15.0. The molecule has 26 heavy (non-hydrogen) atoms. The number of nitrogens with one attached hydrogen (secondary N) is 1. The summed E-state index contributed by atoms with van der Waals surface area (Å²) < 4.78 is 5.44. The van der Waals surface area contributed by atoms with Gasteiger partial charge in [0.15, 0.2) is 5.69 Å². The van der Waals surface area contributed by atoms with Crippen molar-refractivity contribution < 1.29 is 9.53 Å². The van der Waals surface area contributed by atoms with Crippen LogP contribution in [0.3, 0.4) is 0 Å². The summed E-state index contributed by atoms with van der Waals surface area (Å²) in [6, 6.07) is 7.48. The zero-order chi connectivity index (χ0) is 18.5. The Hall–Kier alpha value is -2.34. The van der Waals surface area contributed by atoms with Crippen LogP contribution >= 0.6 is 11.6 Å². The molecule has 1 saturated heterocycles. The fourth-order valence-electron chi connectivity index (χ4n) is 2.95. The number of rotatable bonds is 6. The highest BCUT2D eigenvalue weighted by atomic mass is 35.5. The van der Waals surface area contributed by atoms with Gasteiger partial charge in [-0.1, -0.05) is 23.7 Å². The number of carbonyl (C=O) groups is 1. The molecule has 1 atom stereocenters. The first-order chi connectivity index (χ1) is 12.6. The molecule has 0 saturated carbocycles. The first kappa shape index (κ1) is 18.5.